The van der Waals surface area contributed by atoms with Crippen molar-refractivity contribution >= 4 is 17.7 Å². The number of amides is 3. The van der Waals surface area contributed by atoms with E-state index in [2.05, 4.69) is 36.5 Å². The monoisotopic (exact) mass is 392 g/mol. The van der Waals surface area contributed by atoms with Crippen LogP contribution in [0.2, 0.25) is 0 Å². The molecule has 6 heteroatoms. The fourth-order valence-electron chi connectivity index (χ4n) is 3.94. The molecule has 29 heavy (non-hydrogen) atoms. The molecular formula is C23H24N2O4. The van der Waals surface area contributed by atoms with Gasteiger partial charge in [0, 0.05) is 17.5 Å². The fraction of sp³-hybridized carbons (Fsp3) is 0.348. The summed E-state index contributed by atoms with van der Waals surface area (Å²) >= 11 is 0. The Labute approximate surface area is 169 Å². The number of aryl methyl sites for hydroxylation is 1. The molecule has 0 saturated carbocycles. The molecule has 4 rings (SSSR count). The number of benzene rings is 2. The molecule has 2 aliphatic heterocycles. The average Bonchev–Trinajstić information content (AvgIpc) is 3.05. The summed E-state index contributed by atoms with van der Waals surface area (Å²) in [4.78, 5) is 38.0. The molecule has 6 nitrogen and oxygen atoms in total. The van der Waals surface area contributed by atoms with E-state index in [1.807, 2.05) is 6.07 Å². The molecule has 0 aromatic heterocycles. The number of carbonyl (C=O) groups is 3. The standard InChI is InChI=1S/C23H24N2O4/c1-2-4-15-7-9-16(10-8-15)14-29-20-6-3-5-17-18(20)13-25(23(17)28)19-11-12-21(26)24-22(19)27/h3,5-10,19H,2,4,11-14H2,1H3,(H,24,26,27). The molecule has 2 aromatic carbocycles. The molecule has 150 valence electrons. The van der Waals surface area contributed by atoms with Crippen LogP contribution in [-0.2, 0) is 29.2 Å². The number of piperidine rings is 1. The minimum absolute atomic E-state index is 0.191. The van der Waals surface area contributed by atoms with E-state index in [1.54, 1.807) is 17.0 Å². The van der Waals surface area contributed by atoms with Crippen LogP contribution in [0.1, 0.15) is 53.2 Å². The first-order valence-corrected chi connectivity index (χ1v) is 10.0. The summed E-state index contributed by atoms with van der Waals surface area (Å²) in [6.07, 6.45) is 2.77. The lowest BCUT2D eigenvalue weighted by Crippen LogP contribution is -2.52. The zero-order chi connectivity index (χ0) is 20.4. The number of hydrogen-bond acceptors (Lipinski definition) is 4. The molecule has 0 spiro atoms. The average molecular weight is 392 g/mol. The molecule has 1 unspecified atom stereocenters. The van der Waals surface area contributed by atoms with Crippen LogP contribution in [0, 0.1) is 0 Å². The van der Waals surface area contributed by atoms with Gasteiger partial charge in [-0.2, -0.15) is 0 Å². The predicted molar refractivity (Wildman–Crippen MR) is 107 cm³/mol. The molecule has 3 amide bonds. The summed E-state index contributed by atoms with van der Waals surface area (Å²) in [5.74, 6) is -0.228. The second kappa shape index (κ2) is 8.07. The van der Waals surface area contributed by atoms with Crippen LogP contribution in [0.5, 0.6) is 5.75 Å². The van der Waals surface area contributed by atoms with Crippen LogP contribution in [0.25, 0.3) is 0 Å². The third kappa shape index (κ3) is 3.88. The molecule has 0 bridgehead atoms. The van der Waals surface area contributed by atoms with Crippen LogP contribution >= 0.6 is 0 Å². The number of nitrogens with one attached hydrogen (secondary N) is 1. The first kappa shape index (κ1) is 19.2. The molecule has 1 atom stereocenters. The van der Waals surface area contributed by atoms with Crippen LogP contribution in [-0.4, -0.2) is 28.7 Å². The van der Waals surface area contributed by atoms with Gasteiger partial charge in [0.15, 0.2) is 0 Å². The first-order valence-electron chi connectivity index (χ1n) is 10.0. The number of nitrogens with zero attached hydrogens (tertiary/aromatic N) is 1. The molecule has 2 heterocycles. The van der Waals surface area contributed by atoms with Gasteiger partial charge in [0.1, 0.15) is 18.4 Å². The number of imide groups is 1. The molecule has 2 aliphatic rings. The van der Waals surface area contributed by atoms with E-state index >= 15 is 0 Å². The zero-order valence-electron chi connectivity index (χ0n) is 16.4. The molecular weight excluding hydrogens is 368 g/mol. The van der Waals surface area contributed by atoms with Crippen LogP contribution in [0.15, 0.2) is 42.5 Å². The third-order valence-electron chi connectivity index (χ3n) is 5.50. The highest BCUT2D eigenvalue weighted by Crippen LogP contribution is 2.33. The number of ether oxygens (including phenoxy) is 1. The van der Waals surface area contributed by atoms with E-state index in [1.165, 1.54) is 5.56 Å². The van der Waals surface area contributed by atoms with Crippen molar-refractivity contribution in [3.05, 3.63) is 64.7 Å². The topological polar surface area (TPSA) is 75.7 Å². The van der Waals surface area contributed by atoms with Gasteiger partial charge in [-0.05, 0) is 36.1 Å². The summed E-state index contributed by atoms with van der Waals surface area (Å²) < 4.78 is 6.03. The van der Waals surface area contributed by atoms with Crippen LogP contribution in [0.3, 0.4) is 0 Å². The first-order chi connectivity index (χ1) is 14.1. The van der Waals surface area contributed by atoms with Gasteiger partial charge in [-0.3, -0.25) is 19.7 Å². The van der Waals surface area contributed by atoms with E-state index < -0.39 is 11.9 Å². The lowest BCUT2D eigenvalue weighted by molar-refractivity contribution is -0.136. The Bertz CT molecular complexity index is 952. The van der Waals surface area contributed by atoms with Crippen molar-refractivity contribution in [1.29, 1.82) is 0 Å². The van der Waals surface area contributed by atoms with Crippen molar-refractivity contribution in [2.45, 2.75) is 51.8 Å². The van der Waals surface area contributed by atoms with E-state index in [0.29, 0.717) is 30.9 Å². The highest BCUT2D eigenvalue weighted by Gasteiger charge is 2.40. The van der Waals surface area contributed by atoms with Crippen LogP contribution < -0.4 is 10.1 Å². The van der Waals surface area contributed by atoms with Gasteiger partial charge in [0.2, 0.25) is 11.8 Å². The molecule has 1 N–H and O–H groups in total. The Hall–Kier alpha value is -3.15. The number of hydrogen-bond donors (Lipinski definition) is 1. The van der Waals surface area contributed by atoms with Gasteiger partial charge in [0.25, 0.3) is 5.91 Å². The summed E-state index contributed by atoms with van der Waals surface area (Å²) in [5.41, 5.74) is 3.73. The van der Waals surface area contributed by atoms with Crippen molar-refractivity contribution < 1.29 is 19.1 Å². The summed E-state index contributed by atoms with van der Waals surface area (Å²) in [6, 6.07) is 13.2. The van der Waals surface area contributed by atoms with E-state index in [0.717, 1.165) is 24.0 Å². The van der Waals surface area contributed by atoms with E-state index in [9.17, 15) is 14.4 Å². The fourth-order valence-corrected chi connectivity index (χ4v) is 3.94. The molecule has 0 aliphatic carbocycles. The third-order valence-corrected chi connectivity index (χ3v) is 5.50. The normalized spacial score (nSPS) is 18.6. The largest absolute Gasteiger partial charge is 0.489 e. The lowest BCUT2D eigenvalue weighted by atomic mass is 10.0. The summed E-state index contributed by atoms with van der Waals surface area (Å²) in [5, 5.41) is 2.33. The van der Waals surface area contributed by atoms with Gasteiger partial charge in [-0.1, -0.05) is 43.7 Å². The molecule has 0 radical (unpaired) electrons. The second-order valence-corrected chi connectivity index (χ2v) is 7.54. The summed E-state index contributed by atoms with van der Waals surface area (Å²) in [7, 11) is 0. The van der Waals surface area contributed by atoms with Crippen LogP contribution in [0.4, 0.5) is 0 Å². The van der Waals surface area contributed by atoms with Crippen molar-refractivity contribution in [3.63, 3.8) is 0 Å². The summed E-state index contributed by atoms with van der Waals surface area (Å²) in [6.45, 7) is 2.88. The molecule has 1 saturated heterocycles. The Morgan fingerprint density at radius 3 is 2.55 bits per heavy atom. The SMILES string of the molecule is CCCc1ccc(COc2cccc3c2CN(C2CCC(=O)NC2=O)C3=O)cc1. The highest BCUT2D eigenvalue weighted by molar-refractivity contribution is 6.05. The maximum atomic E-state index is 12.9. The maximum absolute atomic E-state index is 12.9. The Kier molecular flexibility index (Phi) is 5.34. The van der Waals surface area contributed by atoms with Crippen molar-refractivity contribution in [2.24, 2.45) is 0 Å². The zero-order valence-corrected chi connectivity index (χ0v) is 16.4. The van der Waals surface area contributed by atoms with Gasteiger partial charge in [-0.15, -0.1) is 0 Å². The van der Waals surface area contributed by atoms with Crippen molar-refractivity contribution in [2.75, 3.05) is 0 Å². The maximum Gasteiger partial charge on any atom is 0.255 e. The minimum Gasteiger partial charge on any atom is -0.489 e. The number of carbonyl (C=O) groups excluding carboxylic acids is 3. The van der Waals surface area contributed by atoms with Crippen molar-refractivity contribution in [3.8, 4) is 5.75 Å². The Morgan fingerprint density at radius 1 is 1.07 bits per heavy atom. The number of fused-ring (bicyclic) bond motifs is 1. The highest BCUT2D eigenvalue weighted by atomic mass is 16.5. The van der Waals surface area contributed by atoms with E-state index in [4.69, 9.17) is 4.74 Å². The van der Waals surface area contributed by atoms with Gasteiger partial charge in [0.05, 0.1) is 6.54 Å². The van der Waals surface area contributed by atoms with Gasteiger partial charge in [-0.25, -0.2) is 0 Å². The quantitative estimate of drug-likeness (QED) is 0.767. The predicted octanol–water partition coefficient (Wildman–Crippen LogP) is 2.98. The van der Waals surface area contributed by atoms with E-state index in [-0.39, 0.29) is 18.2 Å². The smallest absolute Gasteiger partial charge is 0.255 e. The van der Waals surface area contributed by atoms with Gasteiger partial charge >= 0.3 is 0 Å². The molecule has 2 aromatic rings. The minimum atomic E-state index is -0.619. The van der Waals surface area contributed by atoms with Gasteiger partial charge < -0.3 is 9.64 Å². The Morgan fingerprint density at radius 2 is 1.83 bits per heavy atom. The second-order valence-electron chi connectivity index (χ2n) is 7.54. The Balaban J connectivity index is 1.48. The molecule has 1 fully saturated rings. The number of rotatable bonds is 6. The lowest BCUT2D eigenvalue weighted by Gasteiger charge is -2.29. The van der Waals surface area contributed by atoms with Crippen molar-refractivity contribution in [1.82, 2.24) is 10.2 Å².